The van der Waals surface area contributed by atoms with Gasteiger partial charge in [0.25, 0.3) is 0 Å². The van der Waals surface area contributed by atoms with E-state index in [0.717, 1.165) is 0 Å². The lowest BCUT2D eigenvalue weighted by Crippen LogP contribution is -2.18. The number of hydrogen-bond donors (Lipinski definition) is 2. The largest absolute Gasteiger partial charge is 0.481 e. The first kappa shape index (κ1) is 13.4. The number of rotatable bonds is 5. The van der Waals surface area contributed by atoms with Crippen LogP contribution in [-0.4, -0.2) is 22.8 Å². The highest BCUT2D eigenvalue weighted by molar-refractivity contribution is 5.70. The molecular formula is C11H12F2O4. The zero-order valence-electron chi connectivity index (χ0n) is 9.01. The number of halogens is 2. The van der Waals surface area contributed by atoms with Crippen LogP contribution in [0.25, 0.3) is 0 Å². The Kier molecular flexibility index (Phi) is 4.39. The molecule has 2 atom stereocenters. The topological polar surface area (TPSA) is 66.8 Å². The first-order valence-corrected chi connectivity index (χ1v) is 4.87. The molecule has 0 saturated heterocycles. The minimum Gasteiger partial charge on any atom is -0.481 e. The molecule has 1 aromatic carbocycles. The quantitative estimate of drug-likeness (QED) is 0.834. The maximum atomic E-state index is 11.9. The molecule has 0 amide bonds. The molecule has 0 aliphatic carbocycles. The van der Waals surface area contributed by atoms with Crippen molar-refractivity contribution in [1.82, 2.24) is 0 Å². The lowest BCUT2D eigenvalue weighted by Gasteiger charge is -2.15. The third kappa shape index (κ3) is 3.67. The monoisotopic (exact) mass is 246 g/mol. The normalized spacial score (nSPS) is 14.4. The van der Waals surface area contributed by atoms with E-state index in [1.54, 1.807) is 0 Å². The van der Waals surface area contributed by atoms with E-state index in [2.05, 4.69) is 4.74 Å². The third-order valence-electron chi connectivity index (χ3n) is 2.31. The lowest BCUT2D eigenvalue weighted by atomic mass is 9.98. The van der Waals surface area contributed by atoms with Crippen LogP contribution < -0.4 is 4.74 Å². The minimum atomic E-state index is -2.91. The van der Waals surface area contributed by atoms with Crippen molar-refractivity contribution in [2.24, 2.45) is 5.92 Å². The zero-order chi connectivity index (χ0) is 13.0. The summed E-state index contributed by atoms with van der Waals surface area (Å²) in [7, 11) is 0. The molecular weight excluding hydrogens is 234 g/mol. The number of carbonyl (C=O) groups is 1. The number of ether oxygens (including phenoxy) is 1. The highest BCUT2D eigenvalue weighted by Gasteiger charge is 2.22. The van der Waals surface area contributed by atoms with Crippen molar-refractivity contribution in [1.29, 1.82) is 0 Å². The average Bonchev–Trinajstić information content (AvgIpc) is 2.27. The standard InChI is InChI=1S/C11H12F2O4/c1-6(10(15)16)9(14)7-2-4-8(5-3-7)17-11(12)13/h2-6,9,11,14H,1H3,(H,15,16)/t6-,9+/m1/s1. The summed E-state index contributed by atoms with van der Waals surface area (Å²) in [5, 5.41) is 18.4. The Balaban J connectivity index is 2.76. The second-order valence-corrected chi connectivity index (χ2v) is 3.52. The van der Waals surface area contributed by atoms with Gasteiger partial charge in [-0.05, 0) is 24.6 Å². The van der Waals surface area contributed by atoms with Gasteiger partial charge in [-0.15, -0.1) is 0 Å². The van der Waals surface area contributed by atoms with Crippen LogP contribution >= 0.6 is 0 Å². The van der Waals surface area contributed by atoms with E-state index in [1.165, 1.54) is 31.2 Å². The molecule has 4 nitrogen and oxygen atoms in total. The molecule has 94 valence electrons. The summed E-state index contributed by atoms with van der Waals surface area (Å²) >= 11 is 0. The maximum absolute atomic E-state index is 11.9. The number of benzene rings is 1. The van der Waals surface area contributed by atoms with Crippen LogP contribution in [0.3, 0.4) is 0 Å². The van der Waals surface area contributed by atoms with Gasteiger partial charge in [-0.1, -0.05) is 12.1 Å². The van der Waals surface area contributed by atoms with Gasteiger partial charge in [0.1, 0.15) is 5.75 Å². The molecule has 1 aromatic rings. The molecule has 0 saturated carbocycles. The van der Waals surface area contributed by atoms with Gasteiger partial charge in [0.2, 0.25) is 0 Å². The van der Waals surface area contributed by atoms with Gasteiger partial charge in [-0.25, -0.2) is 0 Å². The number of alkyl halides is 2. The van der Waals surface area contributed by atoms with Gasteiger partial charge >= 0.3 is 12.6 Å². The average molecular weight is 246 g/mol. The number of carboxylic acid groups (broad SMARTS) is 1. The fourth-order valence-electron chi connectivity index (χ4n) is 1.27. The van der Waals surface area contributed by atoms with E-state index in [1.807, 2.05) is 0 Å². The SMILES string of the molecule is C[C@@H](C(=O)O)[C@H](O)c1ccc(OC(F)F)cc1. The molecule has 1 rings (SSSR count). The minimum absolute atomic E-state index is 0.0427. The van der Waals surface area contributed by atoms with Gasteiger partial charge < -0.3 is 14.9 Å². The Morgan fingerprint density at radius 3 is 2.24 bits per heavy atom. The Labute approximate surface area is 96.5 Å². The number of hydrogen-bond acceptors (Lipinski definition) is 3. The first-order valence-electron chi connectivity index (χ1n) is 4.87. The summed E-state index contributed by atoms with van der Waals surface area (Å²) in [6.45, 7) is -1.56. The Hall–Kier alpha value is -1.69. The van der Waals surface area contributed by atoms with Crippen LogP contribution in [0.15, 0.2) is 24.3 Å². The van der Waals surface area contributed by atoms with Crippen molar-refractivity contribution in [3.05, 3.63) is 29.8 Å². The van der Waals surface area contributed by atoms with Crippen LogP contribution in [0, 0.1) is 5.92 Å². The zero-order valence-corrected chi connectivity index (χ0v) is 9.01. The summed E-state index contributed by atoms with van der Waals surface area (Å²) in [4.78, 5) is 10.6. The molecule has 0 aliphatic heterocycles. The van der Waals surface area contributed by atoms with Crippen molar-refractivity contribution >= 4 is 5.97 Å². The van der Waals surface area contributed by atoms with Gasteiger partial charge in [0, 0.05) is 0 Å². The summed E-state index contributed by atoms with van der Waals surface area (Å²) < 4.78 is 27.9. The first-order chi connectivity index (χ1) is 7.91. The lowest BCUT2D eigenvalue weighted by molar-refractivity contribution is -0.145. The maximum Gasteiger partial charge on any atom is 0.387 e. The summed E-state index contributed by atoms with van der Waals surface area (Å²) in [6, 6.07) is 5.20. The second kappa shape index (κ2) is 5.58. The Bertz CT molecular complexity index is 378. The molecule has 2 N–H and O–H groups in total. The summed E-state index contributed by atoms with van der Waals surface area (Å²) in [5.74, 6) is -2.15. The molecule has 0 heterocycles. The van der Waals surface area contributed by atoms with Gasteiger partial charge in [0.15, 0.2) is 0 Å². The molecule has 17 heavy (non-hydrogen) atoms. The predicted molar refractivity (Wildman–Crippen MR) is 54.8 cm³/mol. The summed E-state index contributed by atoms with van der Waals surface area (Å²) in [5.41, 5.74) is 0.335. The molecule has 0 radical (unpaired) electrons. The van der Waals surface area contributed by atoms with Crippen molar-refractivity contribution < 1.29 is 28.5 Å². The van der Waals surface area contributed by atoms with Crippen molar-refractivity contribution in [3.63, 3.8) is 0 Å². The Morgan fingerprint density at radius 2 is 1.82 bits per heavy atom. The molecule has 0 unspecified atom stereocenters. The van der Waals surface area contributed by atoms with Gasteiger partial charge in [0.05, 0.1) is 12.0 Å². The smallest absolute Gasteiger partial charge is 0.387 e. The molecule has 0 spiro atoms. The van der Waals surface area contributed by atoms with Crippen LogP contribution in [0.1, 0.15) is 18.6 Å². The van der Waals surface area contributed by atoms with E-state index < -0.39 is 24.6 Å². The molecule has 0 aromatic heterocycles. The van der Waals surface area contributed by atoms with E-state index >= 15 is 0 Å². The van der Waals surface area contributed by atoms with Crippen molar-refractivity contribution in [3.8, 4) is 5.75 Å². The van der Waals surface area contributed by atoms with E-state index in [4.69, 9.17) is 5.11 Å². The van der Waals surface area contributed by atoms with Crippen LogP contribution in [0.4, 0.5) is 8.78 Å². The Morgan fingerprint density at radius 1 is 1.29 bits per heavy atom. The molecule has 0 aliphatic rings. The van der Waals surface area contributed by atoms with E-state index in [9.17, 15) is 18.7 Å². The second-order valence-electron chi connectivity index (χ2n) is 3.52. The molecule has 6 heteroatoms. The molecule has 0 fully saturated rings. The van der Waals surface area contributed by atoms with Crippen molar-refractivity contribution in [2.75, 3.05) is 0 Å². The fourth-order valence-corrected chi connectivity index (χ4v) is 1.27. The van der Waals surface area contributed by atoms with Crippen molar-refractivity contribution in [2.45, 2.75) is 19.6 Å². The van der Waals surface area contributed by atoms with Crippen LogP contribution in [0.5, 0.6) is 5.75 Å². The summed E-state index contributed by atoms with van der Waals surface area (Å²) in [6.07, 6.45) is -1.19. The van der Waals surface area contributed by atoms with E-state index in [-0.39, 0.29) is 5.75 Å². The highest BCUT2D eigenvalue weighted by atomic mass is 19.3. The fraction of sp³-hybridized carbons (Fsp3) is 0.364. The highest BCUT2D eigenvalue weighted by Crippen LogP contribution is 2.24. The molecule has 0 bridgehead atoms. The number of aliphatic carboxylic acids is 1. The third-order valence-corrected chi connectivity index (χ3v) is 2.31. The van der Waals surface area contributed by atoms with Gasteiger partial charge in [-0.2, -0.15) is 8.78 Å². The predicted octanol–water partition coefficient (Wildman–Crippen LogP) is 2.04. The number of aliphatic hydroxyl groups excluding tert-OH is 1. The van der Waals surface area contributed by atoms with Gasteiger partial charge in [-0.3, -0.25) is 4.79 Å². The number of carboxylic acids is 1. The van der Waals surface area contributed by atoms with E-state index in [0.29, 0.717) is 5.56 Å². The van der Waals surface area contributed by atoms with Crippen LogP contribution in [-0.2, 0) is 4.79 Å². The van der Waals surface area contributed by atoms with Crippen LogP contribution in [0.2, 0.25) is 0 Å². The number of aliphatic hydroxyl groups is 1.